The smallest absolute Gasteiger partial charge is 0.0341 e. The third-order valence-electron chi connectivity index (χ3n) is 2.32. The predicted octanol–water partition coefficient (Wildman–Crippen LogP) is 4.27. The zero-order valence-corrected chi connectivity index (χ0v) is 9.80. The van der Waals surface area contributed by atoms with Gasteiger partial charge in [-0.1, -0.05) is 44.2 Å². The molecule has 0 aliphatic rings. The Morgan fingerprint density at radius 1 is 1.14 bits per heavy atom. The van der Waals surface area contributed by atoms with Gasteiger partial charge in [0.1, 0.15) is 0 Å². The van der Waals surface area contributed by atoms with Crippen molar-refractivity contribution >= 4 is 11.6 Å². The Morgan fingerprint density at radius 2 is 1.79 bits per heavy atom. The van der Waals surface area contributed by atoms with E-state index in [-0.39, 0.29) is 0 Å². The van der Waals surface area contributed by atoms with Crippen LogP contribution in [0.15, 0.2) is 30.3 Å². The van der Waals surface area contributed by atoms with Gasteiger partial charge >= 0.3 is 0 Å². The Bertz CT molecular complexity index is 241. The molecule has 1 unspecified atom stereocenters. The zero-order chi connectivity index (χ0) is 10.4. The number of benzene rings is 1. The molecular weight excluding hydrogens is 192 g/mol. The van der Waals surface area contributed by atoms with Gasteiger partial charge in [0.2, 0.25) is 0 Å². The second-order valence-electron chi connectivity index (χ2n) is 4.25. The molecule has 0 amide bonds. The van der Waals surface area contributed by atoms with Gasteiger partial charge in [-0.05, 0) is 30.7 Å². The molecule has 0 bridgehead atoms. The molecule has 0 aliphatic carbocycles. The van der Waals surface area contributed by atoms with Gasteiger partial charge in [-0.2, -0.15) is 0 Å². The molecule has 0 heterocycles. The highest BCUT2D eigenvalue weighted by Crippen LogP contribution is 2.16. The first kappa shape index (κ1) is 11.6. The van der Waals surface area contributed by atoms with E-state index in [4.69, 9.17) is 11.6 Å². The summed E-state index contributed by atoms with van der Waals surface area (Å²) in [5.41, 5.74) is 1.39. The number of alkyl halides is 1. The van der Waals surface area contributed by atoms with Crippen LogP contribution in [0.2, 0.25) is 0 Å². The lowest BCUT2D eigenvalue weighted by molar-refractivity contribution is 0.544. The van der Waals surface area contributed by atoms with Gasteiger partial charge in [0.25, 0.3) is 0 Å². The maximum atomic E-state index is 6.23. The molecule has 0 fully saturated rings. The minimum atomic E-state index is 0.329. The van der Waals surface area contributed by atoms with E-state index in [2.05, 4.69) is 44.2 Å². The van der Waals surface area contributed by atoms with Gasteiger partial charge < -0.3 is 0 Å². The van der Waals surface area contributed by atoms with E-state index in [0.717, 1.165) is 19.3 Å². The molecule has 1 atom stereocenters. The number of halogens is 1. The average molecular weight is 211 g/mol. The van der Waals surface area contributed by atoms with E-state index in [9.17, 15) is 0 Å². The number of aryl methyl sites for hydroxylation is 1. The monoisotopic (exact) mass is 210 g/mol. The highest BCUT2D eigenvalue weighted by Gasteiger charge is 2.06. The molecule has 0 aliphatic heterocycles. The van der Waals surface area contributed by atoms with Gasteiger partial charge in [0, 0.05) is 5.38 Å². The van der Waals surface area contributed by atoms with Crippen LogP contribution in [0.25, 0.3) is 0 Å². The summed E-state index contributed by atoms with van der Waals surface area (Å²) in [4.78, 5) is 0. The molecule has 1 aromatic rings. The van der Waals surface area contributed by atoms with E-state index < -0.39 is 0 Å². The lowest BCUT2D eigenvalue weighted by Crippen LogP contribution is -2.04. The van der Waals surface area contributed by atoms with Crippen LogP contribution in [0.4, 0.5) is 0 Å². The topological polar surface area (TPSA) is 0 Å². The summed E-state index contributed by atoms with van der Waals surface area (Å²) in [6, 6.07) is 10.6. The second kappa shape index (κ2) is 6.08. The third kappa shape index (κ3) is 4.66. The molecule has 0 radical (unpaired) electrons. The van der Waals surface area contributed by atoms with Crippen LogP contribution < -0.4 is 0 Å². The summed E-state index contributed by atoms with van der Waals surface area (Å²) in [5.74, 6) is 0.702. The Morgan fingerprint density at radius 3 is 2.36 bits per heavy atom. The summed E-state index contributed by atoms with van der Waals surface area (Å²) in [5, 5.41) is 0.329. The van der Waals surface area contributed by atoms with Crippen molar-refractivity contribution in [2.45, 2.75) is 38.5 Å². The van der Waals surface area contributed by atoms with Crippen LogP contribution in [-0.2, 0) is 6.42 Å². The minimum absolute atomic E-state index is 0.329. The third-order valence-corrected chi connectivity index (χ3v) is 2.71. The minimum Gasteiger partial charge on any atom is -0.123 e. The first-order chi connectivity index (χ1) is 6.68. The Hall–Kier alpha value is -0.490. The summed E-state index contributed by atoms with van der Waals surface area (Å²) >= 11 is 6.23. The quantitative estimate of drug-likeness (QED) is 0.637. The maximum absolute atomic E-state index is 6.23. The van der Waals surface area contributed by atoms with Gasteiger partial charge in [-0.25, -0.2) is 0 Å². The normalized spacial score (nSPS) is 13.1. The first-order valence-electron chi connectivity index (χ1n) is 5.36. The van der Waals surface area contributed by atoms with E-state index in [1.165, 1.54) is 5.56 Å². The van der Waals surface area contributed by atoms with Crippen molar-refractivity contribution in [3.63, 3.8) is 0 Å². The number of hydrogen-bond donors (Lipinski definition) is 0. The summed E-state index contributed by atoms with van der Waals surface area (Å²) < 4.78 is 0. The molecule has 0 saturated heterocycles. The fourth-order valence-corrected chi connectivity index (χ4v) is 2.06. The van der Waals surface area contributed by atoms with Crippen molar-refractivity contribution < 1.29 is 0 Å². The molecule has 14 heavy (non-hydrogen) atoms. The molecule has 0 aromatic heterocycles. The molecule has 0 spiro atoms. The second-order valence-corrected chi connectivity index (χ2v) is 4.87. The fraction of sp³-hybridized carbons (Fsp3) is 0.538. The summed E-state index contributed by atoms with van der Waals surface area (Å²) in [7, 11) is 0. The standard InChI is InChI=1S/C13H19Cl/c1-11(2)10-13(14)9-8-12-6-4-3-5-7-12/h3-7,11,13H,8-10H2,1-2H3. The molecule has 0 nitrogen and oxygen atoms in total. The van der Waals surface area contributed by atoms with Crippen molar-refractivity contribution in [3.05, 3.63) is 35.9 Å². The Balaban J connectivity index is 2.27. The van der Waals surface area contributed by atoms with Gasteiger partial charge in [0.05, 0.1) is 0 Å². The predicted molar refractivity (Wildman–Crippen MR) is 63.9 cm³/mol. The zero-order valence-electron chi connectivity index (χ0n) is 9.04. The highest BCUT2D eigenvalue weighted by molar-refractivity contribution is 6.20. The van der Waals surface area contributed by atoms with E-state index in [1.54, 1.807) is 0 Å². The molecule has 1 rings (SSSR count). The number of hydrogen-bond acceptors (Lipinski definition) is 0. The van der Waals surface area contributed by atoms with Crippen LogP contribution in [0.5, 0.6) is 0 Å². The van der Waals surface area contributed by atoms with Crippen LogP contribution in [0, 0.1) is 5.92 Å². The Labute approximate surface area is 92.3 Å². The van der Waals surface area contributed by atoms with Crippen LogP contribution in [0.3, 0.4) is 0 Å². The maximum Gasteiger partial charge on any atom is 0.0341 e. The van der Waals surface area contributed by atoms with Crippen molar-refractivity contribution in [1.29, 1.82) is 0 Å². The first-order valence-corrected chi connectivity index (χ1v) is 5.80. The van der Waals surface area contributed by atoms with Crippen molar-refractivity contribution in [2.75, 3.05) is 0 Å². The van der Waals surface area contributed by atoms with Crippen molar-refractivity contribution in [2.24, 2.45) is 5.92 Å². The van der Waals surface area contributed by atoms with Gasteiger partial charge in [0.15, 0.2) is 0 Å². The molecule has 0 N–H and O–H groups in total. The van der Waals surface area contributed by atoms with Crippen molar-refractivity contribution in [1.82, 2.24) is 0 Å². The van der Waals surface area contributed by atoms with E-state index >= 15 is 0 Å². The highest BCUT2D eigenvalue weighted by atomic mass is 35.5. The van der Waals surface area contributed by atoms with Gasteiger partial charge in [-0.15, -0.1) is 11.6 Å². The SMILES string of the molecule is CC(C)CC(Cl)CCc1ccccc1. The van der Waals surface area contributed by atoms with Crippen LogP contribution >= 0.6 is 11.6 Å². The van der Waals surface area contributed by atoms with E-state index in [1.807, 2.05) is 0 Å². The van der Waals surface area contributed by atoms with Crippen LogP contribution in [0.1, 0.15) is 32.3 Å². The molecule has 1 aromatic carbocycles. The van der Waals surface area contributed by atoms with E-state index in [0.29, 0.717) is 11.3 Å². The Kier molecular flexibility index (Phi) is 5.03. The molecular formula is C13H19Cl. The van der Waals surface area contributed by atoms with Crippen molar-refractivity contribution in [3.8, 4) is 0 Å². The summed E-state index contributed by atoms with van der Waals surface area (Å²) in [6.45, 7) is 4.44. The average Bonchev–Trinajstić information content (AvgIpc) is 2.15. The van der Waals surface area contributed by atoms with Crippen LogP contribution in [-0.4, -0.2) is 5.38 Å². The molecule has 1 heteroatoms. The lowest BCUT2D eigenvalue weighted by atomic mass is 10.0. The number of rotatable bonds is 5. The summed E-state index contributed by atoms with van der Waals surface area (Å²) in [6.07, 6.45) is 3.31. The fourth-order valence-electron chi connectivity index (χ4n) is 1.60. The molecule has 78 valence electrons. The lowest BCUT2D eigenvalue weighted by Gasteiger charge is -2.11. The molecule has 0 saturated carbocycles. The largest absolute Gasteiger partial charge is 0.123 e. The van der Waals surface area contributed by atoms with Gasteiger partial charge in [-0.3, -0.25) is 0 Å².